The second-order valence-corrected chi connectivity index (χ2v) is 5.37. The monoisotopic (exact) mass is 236 g/mol. The molecule has 1 fully saturated rings. The number of hydrogen-bond donors (Lipinski definition) is 0. The highest BCUT2D eigenvalue weighted by atomic mass is 16.2. The lowest BCUT2D eigenvalue weighted by Gasteiger charge is -2.21. The molecule has 0 aromatic carbocycles. The summed E-state index contributed by atoms with van der Waals surface area (Å²) in [6, 6.07) is 2.17. The summed E-state index contributed by atoms with van der Waals surface area (Å²) >= 11 is 0. The van der Waals surface area contributed by atoms with Crippen LogP contribution in [0.3, 0.4) is 0 Å². The van der Waals surface area contributed by atoms with Crippen LogP contribution in [0.5, 0.6) is 0 Å². The van der Waals surface area contributed by atoms with Crippen molar-refractivity contribution in [3.05, 3.63) is 0 Å². The Labute approximate surface area is 105 Å². The standard InChI is InChI=1S/C14H24N2O/c1-12(10-15)11-16(2)14(17)9-13-7-5-3-4-6-8-13/h12-13H,3-9,11H2,1-2H3. The molecule has 1 aliphatic carbocycles. The minimum Gasteiger partial charge on any atom is -0.344 e. The SMILES string of the molecule is CC(C#N)CN(C)C(=O)CC1CCCCCC1. The van der Waals surface area contributed by atoms with E-state index >= 15 is 0 Å². The summed E-state index contributed by atoms with van der Waals surface area (Å²) in [5.74, 6) is 0.710. The first kappa shape index (κ1) is 14.0. The van der Waals surface area contributed by atoms with Crippen LogP contribution in [0.1, 0.15) is 51.9 Å². The van der Waals surface area contributed by atoms with Gasteiger partial charge in [0.05, 0.1) is 12.0 Å². The smallest absolute Gasteiger partial charge is 0.222 e. The zero-order chi connectivity index (χ0) is 12.7. The molecule has 3 heteroatoms. The van der Waals surface area contributed by atoms with Crippen molar-refractivity contribution < 1.29 is 4.79 Å². The summed E-state index contributed by atoms with van der Waals surface area (Å²) in [6.07, 6.45) is 8.28. The largest absolute Gasteiger partial charge is 0.344 e. The molecular formula is C14H24N2O. The summed E-state index contributed by atoms with van der Waals surface area (Å²) in [5.41, 5.74) is 0. The van der Waals surface area contributed by atoms with Crippen LogP contribution >= 0.6 is 0 Å². The molecule has 0 saturated heterocycles. The number of nitrogens with zero attached hydrogens (tertiary/aromatic N) is 2. The molecule has 0 aromatic heterocycles. The van der Waals surface area contributed by atoms with Crippen LogP contribution in [0, 0.1) is 23.2 Å². The van der Waals surface area contributed by atoms with E-state index in [-0.39, 0.29) is 11.8 Å². The molecule has 0 bridgehead atoms. The number of rotatable bonds is 4. The number of hydrogen-bond acceptors (Lipinski definition) is 2. The molecule has 0 spiro atoms. The average molecular weight is 236 g/mol. The molecule has 3 nitrogen and oxygen atoms in total. The lowest BCUT2D eigenvalue weighted by Crippen LogP contribution is -2.31. The van der Waals surface area contributed by atoms with Crippen molar-refractivity contribution in [2.45, 2.75) is 51.9 Å². The molecule has 1 amide bonds. The van der Waals surface area contributed by atoms with Crippen LogP contribution in [-0.4, -0.2) is 24.4 Å². The van der Waals surface area contributed by atoms with Crippen molar-refractivity contribution in [2.75, 3.05) is 13.6 Å². The molecule has 1 rings (SSSR count). The van der Waals surface area contributed by atoms with Crippen molar-refractivity contribution in [3.8, 4) is 6.07 Å². The Morgan fingerprint density at radius 3 is 2.47 bits per heavy atom. The van der Waals surface area contributed by atoms with Crippen LogP contribution in [0.25, 0.3) is 0 Å². The van der Waals surface area contributed by atoms with Crippen LogP contribution in [0.15, 0.2) is 0 Å². The van der Waals surface area contributed by atoms with Gasteiger partial charge in [0.15, 0.2) is 0 Å². The zero-order valence-electron chi connectivity index (χ0n) is 11.1. The molecule has 0 N–H and O–H groups in total. The number of nitriles is 1. The highest BCUT2D eigenvalue weighted by molar-refractivity contribution is 5.76. The Balaban J connectivity index is 2.34. The van der Waals surface area contributed by atoms with Gasteiger partial charge in [0, 0.05) is 20.0 Å². The number of carbonyl (C=O) groups excluding carboxylic acids is 1. The quantitative estimate of drug-likeness (QED) is 0.704. The van der Waals surface area contributed by atoms with E-state index in [1.165, 1.54) is 38.5 Å². The lowest BCUT2D eigenvalue weighted by molar-refractivity contribution is -0.131. The molecule has 17 heavy (non-hydrogen) atoms. The van der Waals surface area contributed by atoms with E-state index in [0.717, 1.165) is 0 Å². The van der Waals surface area contributed by atoms with Crippen molar-refractivity contribution >= 4 is 5.91 Å². The molecule has 0 radical (unpaired) electrons. The molecule has 1 atom stereocenters. The molecule has 1 unspecified atom stereocenters. The molecule has 0 heterocycles. The van der Waals surface area contributed by atoms with Gasteiger partial charge in [-0.15, -0.1) is 0 Å². The third-order valence-electron chi connectivity index (χ3n) is 3.63. The average Bonchev–Trinajstić information content (AvgIpc) is 2.57. The highest BCUT2D eigenvalue weighted by Gasteiger charge is 2.19. The van der Waals surface area contributed by atoms with E-state index < -0.39 is 0 Å². The van der Waals surface area contributed by atoms with Crippen molar-refractivity contribution in [1.82, 2.24) is 4.90 Å². The fourth-order valence-electron chi connectivity index (χ4n) is 2.52. The fourth-order valence-corrected chi connectivity index (χ4v) is 2.52. The van der Waals surface area contributed by atoms with Gasteiger partial charge in [-0.25, -0.2) is 0 Å². The third kappa shape index (κ3) is 5.21. The number of amides is 1. The third-order valence-corrected chi connectivity index (χ3v) is 3.63. The van der Waals surface area contributed by atoms with Crippen molar-refractivity contribution in [1.29, 1.82) is 5.26 Å². The predicted octanol–water partition coefficient (Wildman–Crippen LogP) is 2.96. The summed E-state index contributed by atoms with van der Waals surface area (Å²) in [7, 11) is 1.81. The normalized spacial score (nSPS) is 19.1. The van der Waals surface area contributed by atoms with Gasteiger partial charge in [-0.1, -0.05) is 25.7 Å². The van der Waals surface area contributed by atoms with E-state index in [0.29, 0.717) is 18.9 Å². The second-order valence-electron chi connectivity index (χ2n) is 5.37. The predicted molar refractivity (Wildman–Crippen MR) is 68.2 cm³/mol. The second kappa shape index (κ2) is 7.32. The van der Waals surface area contributed by atoms with Gasteiger partial charge in [0.25, 0.3) is 0 Å². The Morgan fingerprint density at radius 2 is 1.94 bits per heavy atom. The first-order valence-electron chi connectivity index (χ1n) is 6.77. The van der Waals surface area contributed by atoms with E-state index in [4.69, 9.17) is 5.26 Å². The van der Waals surface area contributed by atoms with Gasteiger partial charge in [0.1, 0.15) is 0 Å². The van der Waals surface area contributed by atoms with E-state index in [1.807, 2.05) is 14.0 Å². The zero-order valence-corrected chi connectivity index (χ0v) is 11.1. The molecular weight excluding hydrogens is 212 g/mol. The Kier molecular flexibility index (Phi) is 6.04. The van der Waals surface area contributed by atoms with Gasteiger partial charge in [-0.2, -0.15) is 5.26 Å². The first-order valence-corrected chi connectivity index (χ1v) is 6.77. The first-order chi connectivity index (χ1) is 8.13. The molecule has 1 saturated carbocycles. The maximum Gasteiger partial charge on any atom is 0.222 e. The van der Waals surface area contributed by atoms with E-state index in [9.17, 15) is 4.79 Å². The summed E-state index contributed by atoms with van der Waals surface area (Å²) < 4.78 is 0. The summed E-state index contributed by atoms with van der Waals surface area (Å²) in [4.78, 5) is 13.7. The summed E-state index contributed by atoms with van der Waals surface area (Å²) in [5, 5.41) is 8.74. The Bertz CT molecular complexity index is 274. The number of carbonyl (C=O) groups is 1. The Hall–Kier alpha value is -1.04. The molecule has 96 valence electrons. The minimum atomic E-state index is -0.0712. The molecule has 0 aromatic rings. The van der Waals surface area contributed by atoms with Gasteiger partial charge in [0.2, 0.25) is 5.91 Å². The van der Waals surface area contributed by atoms with Crippen molar-refractivity contribution in [3.63, 3.8) is 0 Å². The molecule has 1 aliphatic rings. The van der Waals surface area contributed by atoms with E-state index in [2.05, 4.69) is 6.07 Å². The maximum absolute atomic E-state index is 12.0. The van der Waals surface area contributed by atoms with E-state index in [1.54, 1.807) is 4.90 Å². The van der Waals surface area contributed by atoms with Gasteiger partial charge >= 0.3 is 0 Å². The summed E-state index contributed by atoms with van der Waals surface area (Å²) in [6.45, 7) is 2.41. The lowest BCUT2D eigenvalue weighted by atomic mass is 9.96. The van der Waals surface area contributed by atoms with Crippen LogP contribution in [0.2, 0.25) is 0 Å². The van der Waals surface area contributed by atoms with Crippen LogP contribution in [0.4, 0.5) is 0 Å². The maximum atomic E-state index is 12.0. The molecule has 0 aliphatic heterocycles. The topological polar surface area (TPSA) is 44.1 Å². The fraction of sp³-hybridized carbons (Fsp3) is 0.857. The van der Waals surface area contributed by atoms with Crippen molar-refractivity contribution in [2.24, 2.45) is 11.8 Å². The van der Waals surface area contributed by atoms with Gasteiger partial charge < -0.3 is 4.90 Å². The highest BCUT2D eigenvalue weighted by Crippen LogP contribution is 2.25. The van der Waals surface area contributed by atoms with Crippen LogP contribution < -0.4 is 0 Å². The minimum absolute atomic E-state index is 0.0712. The van der Waals surface area contributed by atoms with Crippen LogP contribution in [-0.2, 0) is 4.79 Å². The van der Waals surface area contributed by atoms with Gasteiger partial charge in [-0.05, 0) is 25.7 Å². The Morgan fingerprint density at radius 1 is 1.35 bits per heavy atom. The van der Waals surface area contributed by atoms with Gasteiger partial charge in [-0.3, -0.25) is 4.79 Å².